The molecular formula is C30H33N3O3. The van der Waals surface area contributed by atoms with Crippen LogP contribution in [0.3, 0.4) is 0 Å². The van der Waals surface area contributed by atoms with E-state index in [0.717, 1.165) is 51.9 Å². The minimum Gasteiger partial charge on any atom is -0.497 e. The maximum absolute atomic E-state index is 13.0. The second kappa shape index (κ2) is 11.3. The molecule has 1 saturated carbocycles. The molecule has 0 atom stereocenters. The van der Waals surface area contributed by atoms with E-state index in [1.54, 1.807) is 19.5 Å². The van der Waals surface area contributed by atoms with Crippen LogP contribution in [0.4, 0.5) is 0 Å². The molecule has 1 aliphatic rings. The Labute approximate surface area is 212 Å². The Hall–Kier alpha value is -3.80. The van der Waals surface area contributed by atoms with Crippen LogP contribution in [0, 0.1) is 0 Å². The number of ether oxygens (including phenoxy) is 2. The Kier molecular flexibility index (Phi) is 7.50. The molecule has 2 aromatic carbocycles. The summed E-state index contributed by atoms with van der Waals surface area (Å²) in [6.45, 7) is 1.16. The fourth-order valence-electron chi connectivity index (χ4n) is 5.02. The Morgan fingerprint density at radius 1 is 1.00 bits per heavy atom. The number of carbonyl (C=O) groups is 1. The molecule has 2 aromatic heterocycles. The number of amides is 1. The molecule has 6 nitrogen and oxygen atoms in total. The molecule has 5 rings (SSSR count). The average molecular weight is 484 g/mol. The topological polar surface area (TPSA) is 65.4 Å². The predicted octanol–water partition coefficient (Wildman–Crippen LogP) is 5.66. The SMILES string of the molecule is COc1cccc(Cn2cc(CC(=O)NC3CCCCC3)c3cc(OCc4ccncc4)ccc32)c1. The maximum Gasteiger partial charge on any atom is 0.224 e. The molecule has 6 heteroatoms. The molecule has 2 heterocycles. The quantitative estimate of drug-likeness (QED) is 0.333. The Morgan fingerprint density at radius 2 is 1.83 bits per heavy atom. The molecule has 0 unspecified atom stereocenters. The summed E-state index contributed by atoms with van der Waals surface area (Å²) in [6.07, 6.45) is 11.8. The van der Waals surface area contributed by atoms with E-state index in [1.807, 2.05) is 36.4 Å². The van der Waals surface area contributed by atoms with Gasteiger partial charge in [0.2, 0.25) is 5.91 Å². The van der Waals surface area contributed by atoms with E-state index in [-0.39, 0.29) is 5.91 Å². The minimum absolute atomic E-state index is 0.0884. The third-order valence-electron chi connectivity index (χ3n) is 6.90. The highest BCUT2D eigenvalue weighted by atomic mass is 16.5. The van der Waals surface area contributed by atoms with Crippen LogP contribution in [0.1, 0.15) is 48.8 Å². The zero-order valence-electron chi connectivity index (χ0n) is 20.8. The molecule has 1 aliphatic carbocycles. The van der Waals surface area contributed by atoms with Gasteiger partial charge in [0.25, 0.3) is 0 Å². The van der Waals surface area contributed by atoms with Crippen LogP contribution in [-0.2, 0) is 24.4 Å². The van der Waals surface area contributed by atoms with Crippen molar-refractivity contribution in [1.29, 1.82) is 0 Å². The third kappa shape index (κ3) is 5.88. The molecule has 1 fully saturated rings. The molecule has 0 saturated heterocycles. The number of nitrogens with one attached hydrogen (secondary N) is 1. The van der Waals surface area contributed by atoms with Crippen LogP contribution < -0.4 is 14.8 Å². The number of nitrogens with zero attached hydrogens (tertiary/aromatic N) is 2. The number of carbonyl (C=O) groups excluding carboxylic acids is 1. The highest BCUT2D eigenvalue weighted by Crippen LogP contribution is 2.29. The van der Waals surface area contributed by atoms with Gasteiger partial charge >= 0.3 is 0 Å². The van der Waals surface area contributed by atoms with E-state index in [2.05, 4.69) is 39.3 Å². The van der Waals surface area contributed by atoms with Crippen molar-refractivity contribution in [3.8, 4) is 11.5 Å². The van der Waals surface area contributed by atoms with Gasteiger partial charge in [-0.15, -0.1) is 0 Å². The molecule has 1 amide bonds. The van der Waals surface area contributed by atoms with Crippen LogP contribution >= 0.6 is 0 Å². The van der Waals surface area contributed by atoms with Crippen molar-refractivity contribution in [2.24, 2.45) is 0 Å². The molecule has 0 bridgehead atoms. The summed E-state index contributed by atoms with van der Waals surface area (Å²) in [7, 11) is 1.68. The molecule has 1 N–H and O–H groups in total. The van der Waals surface area contributed by atoms with Gasteiger partial charge in [0.1, 0.15) is 18.1 Å². The number of aromatic nitrogens is 2. The summed E-state index contributed by atoms with van der Waals surface area (Å²) in [4.78, 5) is 17.1. The minimum atomic E-state index is 0.0884. The molecule has 0 radical (unpaired) electrons. The first-order valence-electron chi connectivity index (χ1n) is 12.7. The Balaban J connectivity index is 1.41. The zero-order chi connectivity index (χ0) is 24.7. The van der Waals surface area contributed by atoms with Gasteiger partial charge in [0.05, 0.1) is 13.5 Å². The summed E-state index contributed by atoms with van der Waals surface area (Å²) in [6, 6.07) is 18.4. The molecule has 36 heavy (non-hydrogen) atoms. The lowest BCUT2D eigenvalue weighted by Gasteiger charge is -2.22. The predicted molar refractivity (Wildman–Crippen MR) is 141 cm³/mol. The van der Waals surface area contributed by atoms with Crippen LogP contribution in [0.5, 0.6) is 11.5 Å². The van der Waals surface area contributed by atoms with Gasteiger partial charge in [-0.2, -0.15) is 0 Å². The summed E-state index contributed by atoms with van der Waals surface area (Å²) in [5.74, 6) is 1.71. The van der Waals surface area contributed by atoms with E-state index in [0.29, 0.717) is 25.6 Å². The van der Waals surface area contributed by atoms with Crippen molar-refractivity contribution in [3.05, 3.63) is 89.9 Å². The van der Waals surface area contributed by atoms with Crippen LogP contribution in [-0.4, -0.2) is 28.6 Å². The van der Waals surface area contributed by atoms with Crippen molar-refractivity contribution in [3.63, 3.8) is 0 Å². The standard InChI is InChI=1S/C30H33N3O3/c1-35-26-9-5-6-23(16-26)19-33-20-24(17-30(34)32-25-7-3-2-4-8-25)28-18-27(10-11-29(28)33)36-21-22-12-14-31-15-13-22/h5-6,9-16,18,20,25H,2-4,7-8,17,19,21H2,1H3,(H,32,34). The number of rotatable bonds is 9. The molecular weight excluding hydrogens is 450 g/mol. The van der Waals surface area contributed by atoms with Gasteiger partial charge in [0, 0.05) is 42.1 Å². The van der Waals surface area contributed by atoms with Gasteiger partial charge in [-0.1, -0.05) is 31.4 Å². The van der Waals surface area contributed by atoms with Gasteiger partial charge in [-0.3, -0.25) is 9.78 Å². The monoisotopic (exact) mass is 483 g/mol. The largest absolute Gasteiger partial charge is 0.497 e. The number of methoxy groups -OCH3 is 1. The molecule has 186 valence electrons. The summed E-state index contributed by atoms with van der Waals surface area (Å²) < 4.78 is 13.7. The lowest BCUT2D eigenvalue weighted by Crippen LogP contribution is -2.37. The normalized spacial score (nSPS) is 14.0. The lowest BCUT2D eigenvalue weighted by molar-refractivity contribution is -0.121. The summed E-state index contributed by atoms with van der Waals surface area (Å²) in [5.41, 5.74) is 4.29. The van der Waals surface area contributed by atoms with Gasteiger partial charge in [0.15, 0.2) is 0 Å². The fraction of sp³-hybridized carbons (Fsp3) is 0.333. The van der Waals surface area contributed by atoms with E-state index >= 15 is 0 Å². The van der Waals surface area contributed by atoms with Crippen LogP contribution in [0.15, 0.2) is 73.2 Å². The van der Waals surface area contributed by atoms with E-state index in [4.69, 9.17) is 9.47 Å². The molecule has 0 spiro atoms. The van der Waals surface area contributed by atoms with E-state index in [9.17, 15) is 4.79 Å². The summed E-state index contributed by atoms with van der Waals surface area (Å²) in [5, 5.41) is 4.31. The van der Waals surface area contributed by atoms with Gasteiger partial charge in [-0.25, -0.2) is 0 Å². The number of benzene rings is 2. The van der Waals surface area contributed by atoms with Crippen molar-refractivity contribution in [1.82, 2.24) is 14.9 Å². The fourth-order valence-corrected chi connectivity index (χ4v) is 5.02. The number of fused-ring (bicyclic) bond motifs is 1. The van der Waals surface area contributed by atoms with Crippen molar-refractivity contribution in [2.45, 2.75) is 57.7 Å². The van der Waals surface area contributed by atoms with E-state index in [1.165, 1.54) is 19.3 Å². The smallest absolute Gasteiger partial charge is 0.224 e. The number of pyridine rings is 1. The highest BCUT2D eigenvalue weighted by Gasteiger charge is 2.18. The lowest BCUT2D eigenvalue weighted by atomic mass is 9.95. The van der Waals surface area contributed by atoms with Crippen molar-refractivity contribution in [2.75, 3.05) is 7.11 Å². The van der Waals surface area contributed by atoms with Crippen LogP contribution in [0.2, 0.25) is 0 Å². The average Bonchev–Trinajstić information content (AvgIpc) is 3.24. The first-order valence-corrected chi connectivity index (χ1v) is 12.7. The second-order valence-electron chi connectivity index (χ2n) is 9.54. The Bertz CT molecular complexity index is 1310. The zero-order valence-corrected chi connectivity index (χ0v) is 20.8. The summed E-state index contributed by atoms with van der Waals surface area (Å²) >= 11 is 0. The van der Waals surface area contributed by atoms with Crippen molar-refractivity contribution >= 4 is 16.8 Å². The maximum atomic E-state index is 13.0. The molecule has 4 aromatic rings. The number of hydrogen-bond donors (Lipinski definition) is 1. The third-order valence-corrected chi connectivity index (χ3v) is 6.90. The van der Waals surface area contributed by atoms with Crippen molar-refractivity contribution < 1.29 is 14.3 Å². The molecule has 0 aliphatic heterocycles. The second-order valence-corrected chi connectivity index (χ2v) is 9.54. The Morgan fingerprint density at radius 3 is 2.64 bits per heavy atom. The first-order chi connectivity index (χ1) is 17.7. The van der Waals surface area contributed by atoms with Crippen LogP contribution in [0.25, 0.3) is 10.9 Å². The van der Waals surface area contributed by atoms with E-state index < -0.39 is 0 Å². The van der Waals surface area contributed by atoms with Gasteiger partial charge in [-0.05, 0) is 72.0 Å². The number of hydrogen-bond acceptors (Lipinski definition) is 4. The van der Waals surface area contributed by atoms with Gasteiger partial charge < -0.3 is 19.4 Å². The highest BCUT2D eigenvalue weighted by molar-refractivity contribution is 5.90. The first kappa shape index (κ1) is 23.9.